The van der Waals surface area contributed by atoms with Crippen molar-refractivity contribution in [2.75, 3.05) is 31.7 Å². The number of alkyl halides is 1. The predicted octanol–water partition coefficient (Wildman–Crippen LogP) is 6.09. The minimum atomic E-state index is -4.23. The maximum atomic E-state index is 14.8. The summed E-state index contributed by atoms with van der Waals surface area (Å²) in [6, 6.07) is 28.9. The second kappa shape index (κ2) is 47.7. The molecule has 53 heteroatoms. The van der Waals surface area contributed by atoms with Crippen LogP contribution in [0.3, 0.4) is 0 Å². The Labute approximate surface area is 834 Å². The number of nitrogens with zero attached hydrogens (tertiary/aromatic N) is 15. The van der Waals surface area contributed by atoms with E-state index in [1.807, 2.05) is 54.0 Å². The molecule has 42 nitrogen and oxygen atoms in total. The number of nitrogens with two attached hydrogens (primary N) is 4. The molecule has 0 aliphatic heterocycles. The van der Waals surface area contributed by atoms with Gasteiger partial charge in [-0.05, 0) is 159 Å². The summed E-state index contributed by atoms with van der Waals surface area (Å²) in [5.74, 6) is -5.98. The molecule has 8 heterocycles. The lowest BCUT2D eigenvalue weighted by Gasteiger charge is -2.18. The highest BCUT2D eigenvalue weighted by atomic mass is 79.9. The first-order valence-electron chi connectivity index (χ1n) is 43.4. The van der Waals surface area contributed by atoms with Gasteiger partial charge in [0.1, 0.15) is 66.0 Å². The molecule has 16 rings (SSSR count). The largest absolute Gasteiger partial charge is 0.393 e. The minimum Gasteiger partial charge on any atom is -0.393 e. The van der Waals surface area contributed by atoms with Crippen LogP contribution in [0.2, 0.25) is 15.1 Å². The minimum absolute atomic E-state index is 0.0302. The number of hydrogen-bond donors (Lipinski definition) is 11. The number of aromatic nitrogens is 15. The first kappa shape index (κ1) is 108. The van der Waals surface area contributed by atoms with E-state index in [9.17, 15) is 96.7 Å². The van der Waals surface area contributed by atoms with E-state index in [0.29, 0.717) is 64.6 Å². The maximum Gasteiger partial charge on any atom is 0.333 e. The number of aliphatic hydroxyl groups is 6. The van der Waals surface area contributed by atoms with Gasteiger partial charge in [0.25, 0.3) is 0 Å². The van der Waals surface area contributed by atoms with Crippen molar-refractivity contribution in [3.8, 4) is 0 Å². The van der Waals surface area contributed by atoms with Crippen molar-refractivity contribution in [2.45, 2.75) is 133 Å². The summed E-state index contributed by atoms with van der Waals surface area (Å²) in [6.07, 6.45) is 12.3. The number of carbonyl (C=O) groups is 4. The van der Waals surface area contributed by atoms with Crippen molar-refractivity contribution in [2.24, 2.45) is 62.0 Å². The summed E-state index contributed by atoms with van der Waals surface area (Å²) in [5, 5.41) is 98.4. The number of carbonyl (C=O) groups excluding carboxylic acids is 4. The highest BCUT2D eigenvalue weighted by Crippen LogP contribution is 2.40. The second-order valence-electron chi connectivity index (χ2n) is 34.1. The van der Waals surface area contributed by atoms with Crippen LogP contribution < -0.4 is 25.9 Å². The average Bonchev–Trinajstić information content (AvgIpc) is 1.66. The standard InChI is InChI=1S/C23H25BrFN5O5S.C22H23ClFN5O6S.C22H23ClFN5O5S.C22H24ClN5O6S/c1-13(14-3-2-4-17(24)7-14)30-6-5-15(10-30)21(31)18-9-27-12-28-23(18)29-19-8-16(22(32)20(19)25)11-35-36(26,33)34;23-17-7-15(24)2-1-12(17)9-29-4-3-18(28-29)22(32)16-8-26-11-27-19(16)6-13-5-14(21(31)20(13)30)10-35-36(25,33)34;23-16-2-1-14(18(24)8-16)10-29-4-3-19(28-29)22(31)17-9-26-12-27-20(17)6-13-5-15(21(30)7-13)11-34-35(25,32)33;23-17-4-2-1-3-13(17)10-28-6-5-18(27-28)22(31)16-9-25-12-26-19(16)8-14-7-15(21(30)20(14)29)11-34-35(24,32)33/h2-7,9-10,12-13,16,19-20,22,32H,8,11H2,1H3,(H2,26,33,34)(H,27,28,29);1-4,7-8,11,13-14,20-21,30-31H,5-6,9-10H2,(H2,25,33,34);1-4,8-9,12-13,15,21,30H,5-7,10-11H2,(H2,25,32,33);1-6,9,12,14-15,20-21,29-30H,7-8,10-11H2,(H2,24,32,33)/t13?,16-,19-,20-,22-;13-,14+,20-,21+;13-,15+,21-;14-,15+,20-,21+/m1000/s1. The Bertz CT molecular complexity index is 7020. The fourth-order valence-electron chi connectivity index (χ4n) is 17.0. The molecule has 142 heavy (non-hydrogen) atoms. The van der Waals surface area contributed by atoms with E-state index in [0.717, 1.165) is 15.6 Å². The number of benzene rings is 4. The Morgan fingerprint density at radius 3 is 1.39 bits per heavy atom. The van der Waals surface area contributed by atoms with E-state index < -0.39 is 150 Å². The molecule has 0 spiro atoms. The Morgan fingerprint density at radius 1 is 0.472 bits per heavy atom. The van der Waals surface area contributed by atoms with E-state index in [4.69, 9.17) is 55.4 Å². The normalized spacial score (nSPS) is 21.9. The number of nitrogens with one attached hydrogen (secondary N) is 1. The molecule has 0 saturated heterocycles. The van der Waals surface area contributed by atoms with E-state index >= 15 is 0 Å². The van der Waals surface area contributed by atoms with Gasteiger partial charge in [0, 0.05) is 110 Å². The third kappa shape index (κ3) is 29.4. The molecular formula is C89H95BrCl3F3N20O22S4. The van der Waals surface area contributed by atoms with Crippen LogP contribution in [0.25, 0.3) is 0 Å². The molecule has 756 valence electrons. The van der Waals surface area contributed by atoms with Crippen LogP contribution in [-0.2, 0) is 96.8 Å². The SMILES string of the molecule is CC(c1cccc(Br)c1)n1ccc(C(=O)c2cncnc2N[C@@H]2C[C@H](COS(N)(=O)=O)[C@@H](O)[C@@H]2F)c1.NS(=O)(=O)OC[C@H]1C[C@@H](Cc2ncncc2C(=O)c2ccn(Cc3ccc(Cl)cc3F)n2)C[C@@H]1O.NS(=O)(=O)OC[C@H]1C[C@@H](Cc2ncncc2C(=O)c2ccn(Cc3ccc(F)cc3Cl)n2)[C@H](O)[C@@H]1O.NS(=O)(=O)OC[C@H]1C[C@@H](Cc2ncncc2C(=O)c2ccn(Cc3ccccc3Cl)n2)[C@H](O)[C@@H]1O. The average molecular weight is 2170 g/mol. The monoisotopic (exact) mass is 2160 g/mol. The van der Waals surface area contributed by atoms with Crippen molar-refractivity contribution in [1.82, 2.24) is 73.8 Å². The number of aliphatic hydroxyl groups excluding tert-OH is 6. The van der Waals surface area contributed by atoms with Gasteiger partial charge in [0.05, 0.1) is 134 Å². The maximum absolute atomic E-state index is 14.8. The van der Waals surface area contributed by atoms with Gasteiger partial charge in [-0.25, -0.2) is 73.6 Å². The number of hydrogen-bond acceptors (Lipinski definition) is 34. The molecule has 1 unspecified atom stereocenters. The zero-order valence-corrected chi connectivity index (χ0v) is 81.9. The molecule has 0 bridgehead atoms. The fourth-order valence-corrected chi connectivity index (χ4v) is 19.5. The van der Waals surface area contributed by atoms with Crippen molar-refractivity contribution in [3.05, 3.63) is 306 Å². The molecule has 4 fully saturated rings. The van der Waals surface area contributed by atoms with Crippen molar-refractivity contribution in [1.29, 1.82) is 0 Å². The molecule has 15 N–H and O–H groups in total. The summed E-state index contributed by atoms with van der Waals surface area (Å²) in [6.45, 7) is 1.34. The predicted molar refractivity (Wildman–Crippen MR) is 506 cm³/mol. The summed E-state index contributed by atoms with van der Waals surface area (Å²) < 4.78 is 156. The first-order chi connectivity index (χ1) is 67.3. The first-order valence-corrected chi connectivity index (χ1v) is 51.2. The van der Waals surface area contributed by atoms with Gasteiger partial charge in [0.2, 0.25) is 17.3 Å². The number of ketones is 4. The van der Waals surface area contributed by atoms with Gasteiger partial charge in [-0.15, -0.1) is 0 Å². The van der Waals surface area contributed by atoms with Crippen molar-refractivity contribution in [3.63, 3.8) is 0 Å². The molecular weight excluding hydrogens is 2070 g/mol. The lowest BCUT2D eigenvalue weighted by Crippen LogP contribution is -2.33. The lowest BCUT2D eigenvalue weighted by molar-refractivity contribution is -0.00336. The van der Waals surface area contributed by atoms with Gasteiger partial charge in [-0.2, -0.15) is 49.0 Å². The summed E-state index contributed by atoms with van der Waals surface area (Å²) in [7, 11) is -16.7. The van der Waals surface area contributed by atoms with Gasteiger partial charge in [-0.3, -0.25) is 50.0 Å². The van der Waals surface area contributed by atoms with Crippen molar-refractivity contribution < 1.29 is 113 Å². The summed E-state index contributed by atoms with van der Waals surface area (Å²) in [4.78, 5) is 85.5. The molecule has 4 aliphatic carbocycles. The van der Waals surface area contributed by atoms with Crippen LogP contribution in [0.5, 0.6) is 0 Å². The molecule has 4 aliphatic rings. The molecule has 12 aromatic rings. The van der Waals surface area contributed by atoms with Gasteiger partial charge in [-0.1, -0.05) is 93.2 Å². The molecule has 0 amide bonds. The Balaban J connectivity index is 0.000000159. The van der Waals surface area contributed by atoms with Gasteiger partial charge < -0.3 is 40.5 Å². The summed E-state index contributed by atoms with van der Waals surface area (Å²) in [5.41, 5.74) is 5.81. The van der Waals surface area contributed by atoms with Gasteiger partial charge >= 0.3 is 41.2 Å². The van der Waals surface area contributed by atoms with E-state index in [1.165, 1.54) is 95.9 Å². The number of rotatable bonds is 36. The van der Waals surface area contributed by atoms with E-state index in [1.54, 1.807) is 66.0 Å². The zero-order chi connectivity index (χ0) is 102. The lowest BCUT2D eigenvalue weighted by atomic mass is 9.95. The quantitative estimate of drug-likeness (QED) is 0.0198. The molecule has 16 atom stereocenters. The summed E-state index contributed by atoms with van der Waals surface area (Å²) >= 11 is 21.5. The number of anilines is 1. The molecule has 4 aromatic carbocycles. The molecule has 4 saturated carbocycles. The Kier molecular flexibility index (Phi) is 36.3. The zero-order valence-electron chi connectivity index (χ0n) is 74.8. The smallest absolute Gasteiger partial charge is 0.333 e. The Hall–Kier alpha value is -11.0. The van der Waals surface area contributed by atoms with Crippen LogP contribution in [0.4, 0.5) is 19.0 Å². The van der Waals surface area contributed by atoms with E-state index in [-0.39, 0.29) is 150 Å². The van der Waals surface area contributed by atoms with Crippen LogP contribution in [0, 0.1) is 53.1 Å². The number of halogens is 7. The van der Waals surface area contributed by atoms with Crippen LogP contribution in [0.1, 0.15) is 148 Å². The second-order valence-corrected chi connectivity index (χ2v) is 41.2. The third-order valence-electron chi connectivity index (χ3n) is 24.3. The van der Waals surface area contributed by atoms with Crippen LogP contribution in [-0.4, -0.2) is 236 Å². The van der Waals surface area contributed by atoms with Crippen molar-refractivity contribution >= 4 is 121 Å². The fraction of sp³-hybridized carbons (Fsp3) is 0.360. The molecule has 8 aromatic heterocycles. The topological polar surface area (TPSA) is 641 Å². The molecule has 0 radical (unpaired) electrons. The highest BCUT2D eigenvalue weighted by molar-refractivity contribution is 9.10. The Morgan fingerprint density at radius 2 is 0.915 bits per heavy atom. The van der Waals surface area contributed by atoms with E-state index in [2.05, 4.69) is 93.1 Å². The highest BCUT2D eigenvalue weighted by Gasteiger charge is 2.47. The third-order valence-corrected chi connectivity index (χ3v) is 27.6. The van der Waals surface area contributed by atoms with Gasteiger partial charge in [0.15, 0.2) is 5.78 Å². The van der Waals surface area contributed by atoms with Crippen LogP contribution in [0.15, 0.2) is 195 Å². The van der Waals surface area contributed by atoms with Crippen LogP contribution >= 0.6 is 50.7 Å².